The molecule has 0 radical (unpaired) electrons. The molecule has 1 aromatic carbocycles. The van der Waals surface area contributed by atoms with Gasteiger partial charge in [0.2, 0.25) is 5.91 Å². The Morgan fingerprint density at radius 1 is 1.08 bits per heavy atom. The van der Waals surface area contributed by atoms with E-state index >= 15 is 0 Å². The summed E-state index contributed by atoms with van der Waals surface area (Å²) in [4.78, 5) is 38.5. The van der Waals surface area contributed by atoms with E-state index in [-0.39, 0.29) is 24.4 Å². The molecule has 0 saturated carbocycles. The summed E-state index contributed by atoms with van der Waals surface area (Å²) >= 11 is 0. The summed E-state index contributed by atoms with van der Waals surface area (Å²) < 4.78 is 0. The van der Waals surface area contributed by atoms with E-state index in [0.717, 1.165) is 12.0 Å². The summed E-state index contributed by atoms with van der Waals surface area (Å²) in [5.74, 6) is -0.847. The van der Waals surface area contributed by atoms with Crippen LogP contribution in [0.25, 0.3) is 0 Å². The highest BCUT2D eigenvalue weighted by Gasteiger charge is 2.22. The molecule has 142 valence electrons. The van der Waals surface area contributed by atoms with E-state index in [2.05, 4.69) is 5.32 Å². The fourth-order valence-corrected chi connectivity index (χ4v) is 3.12. The van der Waals surface area contributed by atoms with E-state index in [1.165, 1.54) is 6.92 Å². The Bertz CT molecular complexity index is 620. The van der Waals surface area contributed by atoms with E-state index in [1.54, 1.807) is 9.80 Å². The van der Waals surface area contributed by atoms with Gasteiger partial charge in [-0.15, -0.1) is 0 Å². The summed E-state index contributed by atoms with van der Waals surface area (Å²) in [5.41, 5.74) is 1.06. The number of aliphatic carboxylic acids is 1. The van der Waals surface area contributed by atoms with Crippen molar-refractivity contribution in [2.24, 2.45) is 0 Å². The van der Waals surface area contributed by atoms with Crippen molar-refractivity contribution < 1.29 is 19.5 Å². The summed E-state index contributed by atoms with van der Waals surface area (Å²) in [6.07, 6.45) is 1.72. The number of carbonyl (C=O) groups is 3. The molecule has 1 heterocycles. The zero-order valence-electron chi connectivity index (χ0n) is 15.2. The first kappa shape index (κ1) is 19.8. The maximum Gasteiger partial charge on any atom is 0.317 e. The third-order valence-corrected chi connectivity index (χ3v) is 4.59. The highest BCUT2D eigenvalue weighted by atomic mass is 16.4. The van der Waals surface area contributed by atoms with Gasteiger partial charge in [-0.2, -0.15) is 0 Å². The minimum absolute atomic E-state index is 0.00982. The Balaban J connectivity index is 1.95. The molecule has 7 nitrogen and oxygen atoms in total. The second-order valence-electron chi connectivity index (χ2n) is 6.62. The Hall–Kier alpha value is -2.57. The number of nitrogens with zero attached hydrogens (tertiary/aromatic N) is 2. The molecule has 1 saturated heterocycles. The van der Waals surface area contributed by atoms with Crippen molar-refractivity contribution in [2.75, 3.05) is 26.2 Å². The smallest absolute Gasteiger partial charge is 0.317 e. The van der Waals surface area contributed by atoms with Crippen LogP contribution in [0, 0.1) is 0 Å². The fourth-order valence-electron chi connectivity index (χ4n) is 3.12. The quantitative estimate of drug-likeness (QED) is 0.807. The maximum absolute atomic E-state index is 12.6. The number of benzene rings is 1. The molecule has 26 heavy (non-hydrogen) atoms. The average molecular weight is 361 g/mol. The van der Waals surface area contributed by atoms with E-state index in [1.807, 2.05) is 30.3 Å². The Morgan fingerprint density at radius 3 is 2.38 bits per heavy atom. The normalized spacial score (nSPS) is 15.9. The van der Waals surface area contributed by atoms with Gasteiger partial charge < -0.3 is 20.2 Å². The second kappa shape index (κ2) is 9.79. The molecular weight excluding hydrogens is 334 g/mol. The molecule has 0 bridgehead atoms. The summed E-state index contributed by atoms with van der Waals surface area (Å²) in [6, 6.07) is 9.28. The molecule has 2 rings (SSSR count). The van der Waals surface area contributed by atoms with E-state index < -0.39 is 5.97 Å². The zero-order valence-corrected chi connectivity index (χ0v) is 15.2. The minimum Gasteiger partial charge on any atom is -0.481 e. The molecule has 1 fully saturated rings. The topological polar surface area (TPSA) is 90.0 Å². The molecule has 1 aromatic rings. The average Bonchev–Trinajstić information content (AvgIpc) is 2.87. The number of nitrogens with one attached hydrogen (secondary N) is 1. The van der Waals surface area contributed by atoms with Crippen molar-refractivity contribution in [2.45, 2.75) is 38.6 Å². The minimum atomic E-state index is -0.871. The number of hydrogen-bond acceptors (Lipinski definition) is 3. The molecule has 3 amide bonds. The third-order valence-electron chi connectivity index (χ3n) is 4.59. The van der Waals surface area contributed by atoms with Gasteiger partial charge in [-0.1, -0.05) is 30.3 Å². The summed E-state index contributed by atoms with van der Waals surface area (Å²) in [7, 11) is 0. The SMILES string of the molecule is CC(=O)N1CCCN(C(=O)NC(CCC(=O)O)Cc2ccccc2)CC1. The number of carboxylic acid groups (broad SMARTS) is 1. The molecule has 1 aliphatic heterocycles. The van der Waals surface area contributed by atoms with Gasteiger partial charge in [0.25, 0.3) is 0 Å². The molecule has 1 aliphatic rings. The summed E-state index contributed by atoms with van der Waals surface area (Å²) in [5, 5.41) is 12.0. The monoisotopic (exact) mass is 361 g/mol. The van der Waals surface area contributed by atoms with Crippen LogP contribution in [0.5, 0.6) is 0 Å². The molecule has 1 atom stereocenters. The number of amides is 3. The maximum atomic E-state index is 12.6. The van der Waals surface area contributed by atoms with Crippen LogP contribution < -0.4 is 5.32 Å². The van der Waals surface area contributed by atoms with Gasteiger partial charge in [0.1, 0.15) is 0 Å². The van der Waals surface area contributed by atoms with Crippen LogP contribution >= 0.6 is 0 Å². The van der Waals surface area contributed by atoms with Crippen molar-refractivity contribution in [3.63, 3.8) is 0 Å². The van der Waals surface area contributed by atoms with Crippen LogP contribution in [0.2, 0.25) is 0 Å². The number of carboxylic acids is 1. The van der Waals surface area contributed by atoms with Crippen molar-refractivity contribution in [3.05, 3.63) is 35.9 Å². The lowest BCUT2D eigenvalue weighted by atomic mass is 10.0. The van der Waals surface area contributed by atoms with Crippen molar-refractivity contribution in [1.82, 2.24) is 15.1 Å². The predicted molar refractivity (Wildman–Crippen MR) is 97.8 cm³/mol. The zero-order chi connectivity index (χ0) is 18.9. The Morgan fingerprint density at radius 2 is 1.73 bits per heavy atom. The molecule has 7 heteroatoms. The second-order valence-corrected chi connectivity index (χ2v) is 6.62. The molecule has 0 aliphatic carbocycles. The first-order valence-corrected chi connectivity index (χ1v) is 9.02. The van der Waals surface area contributed by atoms with Crippen molar-refractivity contribution >= 4 is 17.9 Å². The van der Waals surface area contributed by atoms with Crippen LogP contribution in [0.15, 0.2) is 30.3 Å². The lowest BCUT2D eigenvalue weighted by Crippen LogP contribution is -2.47. The van der Waals surface area contributed by atoms with Crippen LogP contribution in [-0.2, 0) is 16.0 Å². The number of urea groups is 1. The lowest BCUT2D eigenvalue weighted by Gasteiger charge is -2.25. The Labute approximate surface area is 154 Å². The van der Waals surface area contributed by atoms with Crippen LogP contribution in [0.3, 0.4) is 0 Å². The number of hydrogen-bond donors (Lipinski definition) is 2. The third kappa shape index (κ3) is 6.38. The van der Waals surface area contributed by atoms with Gasteiger partial charge in [-0.25, -0.2) is 4.79 Å². The van der Waals surface area contributed by atoms with Gasteiger partial charge in [0.15, 0.2) is 0 Å². The Kier molecular flexibility index (Phi) is 7.44. The number of rotatable bonds is 6. The first-order chi connectivity index (χ1) is 12.5. The van der Waals surface area contributed by atoms with Gasteiger partial charge in [-0.05, 0) is 24.8 Å². The van der Waals surface area contributed by atoms with E-state index in [0.29, 0.717) is 39.0 Å². The highest BCUT2D eigenvalue weighted by Crippen LogP contribution is 2.10. The molecular formula is C19H27N3O4. The van der Waals surface area contributed by atoms with E-state index in [4.69, 9.17) is 5.11 Å². The molecule has 2 N–H and O–H groups in total. The van der Waals surface area contributed by atoms with E-state index in [9.17, 15) is 14.4 Å². The first-order valence-electron chi connectivity index (χ1n) is 9.02. The van der Waals surface area contributed by atoms with Crippen molar-refractivity contribution in [1.29, 1.82) is 0 Å². The molecule has 0 aromatic heterocycles. The van der Waals surface area contributed by atoms with Gasteiger partial charge in [0, 0.05) is 45.6 Å². The number of carbonyl (C=O) groups excluding carboxylic acids is 2. The standard InChI is InChI=1S/C19H27N3O4/c1-15(23)21-10-5-11-22(13-12-21)19(26)20-17(8-9-18(24)25)14-16-6-3-2-4-7-16/h2-4,6-7,17H,5,8-14H2,1H3,(H,20,26)(H,24,25). The van der Waals surface area contributed by atoms with Crippen molar-refractivity contribution in [3.8, 4) is 0 Å². The highest BCUT2D eigenvalue weighted by molar-refractivity contribution is 5.76. The van der Waals surface area contributed by atoms with Crippen LogP contribution in [0.1, 0.15) is 31.7 Å². The van der Waals surface area contributed by atoms with Gasteiger partial charge in [-0.3, -0.25) is 9.59 Å². The van der Waals surface area contributed by atoms with Gasteiger partial charge >= 0.3 is 12.0 Å². The molecule has 0 spiro atoms. The largest absolute Gasteiger partial charge is 0.481 e. The van der Waals surface area contributed by atoms with Gasteiger partial charge in [0.05, 0.1) is 0 Å². The summed E-state index contributed by atoms with van der Waals surface area (Å²) in [6.45, 7) is 3.80. The fraction of sp³-hybridized carbons (Fsp3) is 0.526. The van der Waals surface area contributed by atoms with Crippen LogP contribution in [-0.4, -0.2) is 65.0 Å². The van der Waals surface area contributed by atoms with Crippen LogP contribution in [0.4, 0.5) is 4.79 Å². The predicted octanol–water partition coefficient (Wildman–Crippen LogP) is 1.73. The molecule has 1 unspecified atom stereocenters. The lowest BCUT2D eigenvalue weighted by molar-refractivity contribution is -0.137.